The number of nitrogens with zero attached hydrogens (tertiary/aromatic N) is 2. The molecule has 0 radical (unpaired) electrons. The number of halogens is 2. The maximum Gasteiger partial charge on any atom is 0.273 e. The first-order valence-electron chi connectivity index (χ1n) is 7.86. The summed E-state index contributed by atoms with van der Waals surface area (Å²) in [5.41, 5.74) is 1.50. The topological polar surface area (TPSA) is 49.0 Å². The summed E-state index contributed by atoms with van der Waals surface area (Å²) in [6.45, 7) is 1.48. The van der Waals surface area contributed by atoms with Gasteiger partial charge < -0.3 is 4.90 Å². The molecule has 0 unspecified atom stereocenters. The van der Waals surface area contributed by atoms with Gasteiger partial charge in [-0.15, -0.1) is 0 Å². The number of likely N-dealkylation sites (tertiary alicyclic amines) is 1. The van der Waals surface area contributed by atoms with Gasteiger partial charge in [0, 0.05) is 13.1 Å². The molecular formula is C17H19ClFN3O. The van der Waals surface area contributed by atoms with Gasteiger partial charge in [0.05, 0.1) is 11.2 Å². The van der Waals surface area contributed by atoms with Gasteiger partial charge in [-0.2, -0.15) is 5.10 Å². The number of hydrogen-bond acceptors (Lipinski definition) is 2. The van der Waals surface area contributed by atoms with Crippen LogP contribution >= 0.6 is 11.6 Å². The number of nitrogens with one attached hydrogen (secondary N) is 1. The average molecular weight is 336 g/mol. The minimum absolute atomic E-state index is 0.0843. The van der Waals surface area contributed by atoms with Crippen molar-refractivity contribution in [3.05, 3.63) is 52.6 Å². The number of carbonyl (C=O) groups excluding carboxylic acids is 1. The Hall–Kier alpha value is -1.88. The van der Waals surface area contributed by atoms with Gasteiger partial charge in [-0.3, -0.25) is 9.89 Å². The molecule has 1 aromatic heterocycles. The lowest BCUT2D eigenvalue weighted by Crippen LogP contribution is -2.40. The van der Waals surface area contributed by atoms with Crippen LogP contribution in [-0.4, -0.2) is 34.1 Å². The number of benzene rings is 1. The number of aryl methyl sites for hydroxylation is 1. The molecule has 1 saturated heterocycles. The molecule has 1 N–H and O–H groups in total. The van der Waals surface area contributed by atoms with Crippen molar-refractivity contribution in [2.75, 3.05) is 13.1 Å². The standard InChI is InChI=1S/C17H19ClFN3O/c18-15-10-20-21-16(15)17(23)22-9-1-2-13(11-22)4-3-12-5-7-14(19)8-6-12/h5-8,10,13H,1-4,9,11H2,(H,20,21)/t13-/m0/s1. The van der Waals surface area contributed by atoms with Crippen molar-refractivity contribution in [3.63, 3.8) is 0 Å². The zero-order valence-corrected chi connectivity index (χ0v) is 13.5. The number of H-pyrrole nitrogens is 1. The molecule has 1 aliphatic rings. The van der Waals surface area contributed by atoms with Crippen molar-refractivity contribution in [2.45, 2.75) is 25.7 Å². The fourth-order valence-corrected chi connectivity index (χ4v) is 3.26. The lowest BCUT2D eigenvalue weighted by Gasteiger charge is -2.32. The normalized spacial score (nSPS) is 18.2. The molecule has 2 aromatic rings. The van der Waals surface area contributed by atoms with Gasteiger partial charge in [-0.05, 0) is 49.3 Å². The number of hydrogen-bond donors (Lipinski definition) is 1. The molecule has 3 rings (SSSR count). The van der Waals surface area contributed by atoms with E-state index in [0.717, 1.165) is 44.3 Å². The van der Waals surface area contributed by atoms with E-state index in [4.69, 9.17) is 11.6 Å². The Morgan fingerprint density at radius 3 is 2.87 bits per heavy atom. The highest BCUT2D eigenvalue weighted by molar-refractivity contribution is 6.33. The summed E-state index contributed by atoms with van der Waals surface area (Å²) in [6.07, 6.45) is 5.45. The van der Waals surface area contributed by atoms with Crippen LogP contribution in [0.25, 0.3) is 0 Å². The lowest BCUT2D eigenvalue weighted by atomic mass is 9.91. The molecule has 1 atom stereocenters. The quantitative estimate of drug-likeness (QED) is 0.926. The van der Waals surface area contributed by atoms with E-state index in [1.807, 2.05) is 17.0 Å². The fourth-order valence-electron chi connectivity index (χ4n) is 3.09. The van der Waals surface area contributed by atoms with E-state index in [-0.39, 0.29) is 11.7 Å². The van der Waals surface area contributed by atoms with Gasteiger partial charge in [-0.1, -0.05) is 23.7 Å². The summed E-state index contributed by atoms with van der Waals surface area (Å²) in [4.78, 5) is 14.3. The van der Waals surface area contributed by atoms with Crippen molar-refractivity contribution in [3.8, 4) is 0 Å². The monoisotopic (exact) mass is 335 g/mol. The average Bonchev–Trinajstić information content (AvgIpc) is 3.00. The minimum atomic E-state index is -0.209. The van der Waals surface area contributed by atoms with Crippen molar-refractivity contribution >= 4 is 17.5 Å². The van der Waals surface area contributed by atoms with E-state index in [9.17, 15) is 9.18 Å². The van der Waals surface area contributed by atoms with E-state index in [1.165, 1.54) is 18.3 Å². The summed E-state index contributed by atoms with van der Waals surface area (Å²) < 4.78 is 12.9. The van der Waals surface area contributed by atoms with Crippen LogP contribution in [0.3, 0.4) is 0 Å². The second-order valence-electron chi connectivity index (χ2n) is 6.02. The van der Waals surface area contributed by atoms with Gasteiger partial charge >= 0.3 is 0 Å². The first-order valence-corrected chi connectivity index (χ1v) is 8.24. The number of rotatable bonds is 4. The largest absolute Gasteiger partial charge is 0.337 e. The maximum atomic E-state index is 12.9. The molecule has 4 nitrogen and oxygen atoms in total. The SMILES string of the molecule is O=C(c1[nH]ncc1Cl)N1CCC[C@@H](CCc2ccc(F)cc2)C1. The third kappa shape index (κ3) is 3.91. The van der Waals surface area contributed by atoms with E-state index >= 15 is 0 Å². The molecule has 0 aliphatic carbocycles. The van der Waals surface area contributed by atoms with Crippen LogP contribution in [0.15, 0.2) is 30.5 Å². The molecule has 23 heavy (non-hydrogen) atoms. The molecule has 1 fully saturated rings. The first-order chi connectivity index (χ1) is 11.1. The van der Waals surface area contributed by atoms with Crippen LogP contribution in [0.1, 0.15) is 35.3 Å². The van der Waals surface area contributed by atoms with Gasteiger partial charge in [0.15, 0.2) is 0 Å². The Labute approximate surface area is 139 Å². The highest BCUT2D eigenvalue weighted by Gasteiger charge is 2.26. The molecule has 122 valence electrons. The van der Waals surface area contributed by atoms with Crippen molar-refractivity contribution in [1.29, 1.82) is 0 Å². The molecule has 1 amide bonds. The predicted octanol–water partition coefficient (Wildman–Crippen LogP) is 3.69. The number of carbonyl (C=O) groups is 1. The van der Waals surface area contributed by atoms with Crippen LogP contribution in [0.2, 0.25) is 5.02 Å². The van der Waals surface area contributed by atoms with E-state index in [0.29, 0.717) is 16.6 Å². The molecule has 0 saturated carbocycles. The Bertz CT molecular complexity index is 671. The second kappa shape index (κ2) is 7.13. The van der Waals surface area contributed by atoms with Crippen LogP contribution in [-0.2, 0) is 6.42 Å². The van der Waals surface area contributed by atoms with Gasteiger partial charge in [-0.25, -0.2) is 4.39 Å². The Morgan fingerprint density at radius 2 is 2.17 bits per heavy atom. The van der Waals surface area contributed by atoms with Crippen molar-refractivity contribution in [2.24, 2.45) is 5.92 Å². The minimum Gasteiger partial charge on any atom is -0.337 e. The Balaban J connectivity index is 1.57. The van der Waals surface area contributed by atoms with Gasteiger partial charge in [0.25, 0.3) is 5.91 Å². The first kappa shape index (κ1) is 16.0. The molecule has 6 heteroatoms. The molecule has 1 aromatic carbocycles. The van der Waals surface area contributed by atoms with Gasteiger partial charge in [0.2, 0.25) is 0 Å². The summed E-state index contributed by atoms with van der Waals surface area (Å²) in [6, 6.07) is 6.63. The molecule has 0 spiro atoms. The van der Waals surface area contributed by atoms with Crippen LogP contribution < -0.4 is 0 Å². The predicted molar refractivity (Wildman–Crippen MR) is 86.9 cm³/mol. The second-order valence-corrected chi connectivity index (χ2v) is 6.42. The summed E-state index contributed by atoms with van der Waals surface area (Å²) in [5, 5.41) is 6.84. The van der Waals surface area contributed by atoms with Crippen LogP contribution in [0.5, 0.6) is 0 Å². The zero-order chi connectivity index (χ0) is 16.2. The van der Waals surface area contributed by atoms with Crippen LogP contribution in [0.4, 0.5) is 4.39 Å². The zero-order valence-electron chi connectivity index (χ0n) is 12.8. The summed E-state index contributed by atoms with van der Waals surface area (Å²) >= 11 is 5.97. The highest BCUT2D eigenvalue weighted by Crippen LogP contribution is 2.24. The molecule has 0 bridgehead atoms. The van der Waals surface area contributed by atoms with Crippen molar-refractivity contribution in [1.82, 2.24) is 15.1 Å². The van der Waals surface area contributed by atoms with Crippen molar-refractivity contribution < 1.29 is 9.18 Å². The molecular weight excluding hydrogens is 317 g/mol. The molecule has 1 aliphatic heterocycles. The third-order valence-corrected chi connectivity index (χ3v) is 4.65. The number of aromatic amines is 1. The summed E-state index contributed by atoms with van der Waals surface area (Å²) in [5.74, 6) is 0.165. The Morgan fingerprint density at radius 1 is 1.39 bits per heavy atom. The van der Waals surface area contributed by atoms with Crippen LogP contribution in [0, 0.1) is 11.7 Å². The Kier molecular flexibility index (Phi) is 4.96. The van der Waals surface area contributed by atoms with E-state index < -0.39 is 0 Å². The number of piperidine rings is 1. The lowest BCUT2D eigenvalue weighted by molar-refractivity contribution is 0.0662. The maximum absolute atomic E-state index is 12.9. The van der Waals surface area contributed by atoms with Gasteiger partial charge in [0.1, 0.15) is 11.5 Å². The van der Waals surface area contributed by atoms with E-state index in [2.05, 4.69) is 10.2 Å². The highest BCUT2D eigenvalue weighted by atomic mass is 35.5. The number of aromatic nitrogens is 2. The fraction of sp³-hybridized carbons (Fsp3) is 0.412. The smallest absolute Gasteiger partial charge is 0.273 e. The van der Waals surface area contributed by atoms with E-state index in [1.54, 1.807) is 0 Å². The third-order valence-electron chi connectivity index (χ3n) is 4.37. The molecule has 2 heterocycles. The summed E-state index contributed by atoms with van der Waals surface area (Å²) in [7, 11) is 0. The number of amides is 1.